The van der Waals surface area contributed by atoms with Crippen molar-refractivity contribution in [3.8, 4) is 0 Å². The predicted octanol–water partition coefficient (Wildman–Crippen LogP) is 3.65. The molecule has 8 heteroatoms. The quantitative estimate of drug-likeness (QED) is 0.695. The standard InChI is InChI=1S/C18H18ClN3O3S/c1-11-13-9-15(17(25)21(2)8-7-16(23)24)26-18(13)22(20-11)10-12-5-3-4-6-14(12)19/h3-6,9H,7-8,10H2,1-2H3,(H,23,24). The third kappa shape index (κ3) is 3.73. The van der Waals surface area contributed by atoms with Gasteiger partial charge in [-0.25, -0.2) is 0 Å². The Bertz CT molecular complexity index is 979. The number of nitrogens with zero attached hydrogens (tertiary/aromatic N) is 3. The number of benzene rings is 1. The number of thiophene rings is 1. The van der Waals surface area contributed by atoms with Crippen LogP contribution in [0.3, 0.4) is 0 Å². The average Bonchev–Trinajstić information content (AvgIpc) is 3.16. The summed E-state index contributed by atoms with van der Waals surface area (Å²) in [6.45, 7) is 2.60. The molecule has 0 radical (unpaired) electrons. The molecule has 6 nitrogen and oxygen atoms in total. The lowest BCUT2D eigenvalue weighted by atomic mass is 10.2. The topological polar surface area (TPSA) is 75.4 Å². The lowest BCUT2D eigenvalue weighted by Gasteiger charge is -2.14. The number of aryl methyl sites for hydroxylation is 1. The van der Waals surface area contributed by atoms with Gasteiger partial charge in [0.2, 0.25) is 0 Å². The number of halogens is 1. The van der Waals surface area contributed by atoms with Crippen molar-refractivity contribution in [2.75, 3.05) is 13.6 Å². The van der Waals surface area contributed by atoms with Gasteiger partial charge in [0.25, 0.3) is 5.91 Å². The fourth-order valence-corrected chi connectivity index (χ4v) is 4.02. The van der Waals surface area contributed by atoms with Crippen molar-refractivity contribution in [3.05, 3.63) is 51.5 Å². The summed E-state index contributed by atoms with van der Waals surface area (Å²) < 4.78 is 1.85. The number of aliphatic carboxylic acids is 1. The highest BCUT2D eigenvalue weighted by molar-refractivity contribution is 7.20. The second-order valence-electron chi connectivity index (χ2n) is 6.03. The molecule has 0 aliphatic heterocycles. The van der Waals surface area contributed by atoms with Crippen molar-refractivity contribution in [2.45, 2.75) is 19.9 Å². The molecule has 0 spiro atoms. The van der Waals surface area contributed by atoms with Crippen LogP contribution in [0, 0.1) is 6.92 Å². The minimum absolute atomic E-state index is 0.0769. The lowest BCUT2D eigenvalue weighted by molar-refractivity contribution is -0.137. The zero-order chi connectivity index (χ0) is 18.8. The molecule has 2 heterocycles. The van der Waals surface area contributed by atoms with E-state index in [1.807, 2.05) is 41.9 Å². The van der Waals surface area contributed by atoms with E-state index in [2.05, 4.69) is 5.10 Å². The molecule has 0 unspecified atom stereocenters. The van der Waals surface area contributed by atoms with E-state index in [0.29, 0.717) is 16.4 Å². The van der Waals surface area contributed by atoms with Gasteiger partial charge < -0.3 is 10.0 Å². The molecule has 1 aromatic carbocycles. The van der Waals surface area contributed by atoms with E-state index in [1.54, 1.807) is 7.05 Å². The van der Waals surface area contributed by atoms with Gasteiger partial charge in [0.1, 0.15) is 4.83 Å². The SMILES string of the molecule is Cc1nn(Cc2ccccc2Cl)c2sc(C(=O)N(C)CCC(=O)O)cc12. The van der Waals surface area contributed by atoms with Crippen LogP contribution in [0.25, 0.3) is 10.2 Å². The molecule has 1 N–H and O–H groups in total. The van der Waals surface area contributed by atoms with Crippen molar-refractivity contribution in [1.82, 2.24) is 14.7 Å². The summed E-state index contributed by atoms with van der Waals surface area (Å²) in [5.41, 5.74) is 1.80. The van der Waals surface area contributed by atoms with E-state index >= 15 is 0 Å². The minimum Gasteiger partial charge on any atom is -0.481 e. The van der Waals surface area contributed by atoms with Crippen molar-refractivity contribution in [1.29, 1.82) is 0 Å². The molecule has 0 atom stereocenters. The number of fused-ring (bicyclic) bond motifs is 1. The van der Waals surface area contributed by atoms with Crippen LogP contribution in [0.15, 0.2) is 30.3 Å². The maximum absolute atomic E-state index is 12.6. The van der Waals surface area contributed by atoms with Crippen molar-refractivity contribution in [3.63, 3.8) is 0 Å². The number of carboxylic acids is 1. The highest BCUT2D eigenvalue weighted by Crippen LogP contribution is 2.30. The Balaban J connectivity index is 1.88. The Morgan fingerprint density at radius 3 is 2.77 bits per heavy atom. The van der Waals surface area contributed by atoms with E-state index in [0.717, 1.165) is 21.5 Å². The predicted molar refractivity (Wildman–Crippen MR) is 102 cm³/mol. The summed E-state index contributed by atoms with van der Waals surface area (Å²) in [5.74, 6) is -1.11. The summed E-state index contributed by atoms with van der Waals surface area (Å²) in [7, 11) is 1.61. The molecule has 136 valence electrons. The largest absolute Gasteiger partial charge is 0.481 e. The van der Waals surface area contributed by atoms with E-state index in [9.17, 15) is 9.59 Å². The van der Waals surface area contributed by atoms with E-state index in [-0.39, 0.29) is 18.9 Å². The number of hydrogen-bond acceptors (Lipinski definition) is 4. The molecule has 0 aliphatic carbocycles. The molecule has 3 aromatic rings. The Kier molecular flexibility index (Phi) is 5.29. The average molecular weight is 392 g/mol. The first-order chi connectivity index (χ1) is 12.4. The first-order valence-corrected chi connectivity index (χ1v) is 9.24. The van der Waals surface area contributed by atoms with Gasteiger partial charge in [0.15, 0.2) is 0 Å². The monoisotopic (exact) mass is 391 g/mol. The molecule has 2 aromatic heterocycles. The second-order valence-corrected chi connectivity index (χ2v) is 7.47. The Morgan fingerprint density at radius 1 is 1.35 bits per heavy atom. The summed E-state index contributed by atoms with van der Waals surface area (Å²) in [6.07, 6.45) is -0.0769. The molecule has 3 rings (SSSR count). The number of carboxylic acid groups (broad SMARTS) is 1. The fraction of sp³-hybridized carbons (Fsp3) is 0.278. The van der Waals surface area contributed by atoms with Gasteiger partial charge in [0.05, 0.1) is 23.5 Å². The van der Waals surface area contributed by atoms with E-state index in [1.165, 1.54) is 16.2 Å². The number of amides is 1. The van der Waals surface area contributed by atoms with E-state index in [4.69, 9.17) is 16.7 Å². The van der Waals surface area contributed by atoms with Crippen molar-refractivity contribution >= 4 is 45.0 Å². The third-order valence-corrected chi connectivity index (χ3v) is 5.61. The van der Waals surface area contributed by atoms with E-state index < -0.39 is 5.97 Å². The van der Waals surface area contributed by atoms with Gasteiger partial charge in [-0.2, -0.15) is 5.10 Å². The fourth-order valence-electron chi connectivity index (χ4n) is 2.67. The van der Waals surface area contributed by atoms with Crippen LogP contribution in [0.1, 0.15) is 27.3 Å². The Labute approximate surface area is 159 Å². The highest BCUT2D eigenvalue weighted by Gasteiger charge is 2.19. The molecule has 0 saturated carbocycles. The minimum atomic E-state index is -0.924. The number of aromatic nitrogens is 2. The van der Waals surface area contributed by atoms with Crippen LogP contribution in [-0.4, -0.2) is 45.3 Å². The van der Waals surface area contributed by atoms with Gasteiger partial charge in [0, 0.05) is 24.0 Å². The highest BCUT2D eigenvalue weighted by atomic mass is 35.5. The number of rotatable bonds is 6. The smallest absolute Gasteiger partial charge is 0.305 e. The molecular formula is C18H18ClN3O3S. The zero-order valence-electron chi connectivity index (χ0n) is 14.4. The Hall–Kier alpha value is -2.38. The van der Waals surface area contributed by atoms with Crippen LogP contribution in [0.5, 0.6) is 0 Å². The number of carbonyl (C=O) groups is 2. The van der Waals surface area contributed by atoms with Crippen LogP contribution >= 0.6 is 22.9 Å². The van der Waals surface area contributed by atoms with Crippen molar-refractivity contribution < 1.29 is 14.7 Å². The molecule has 0 aliphatic rings. The van der Waals surface area contributed by atoms with Crippen molar-refractivity contribution in [2.24, 2.45) is 0 Å². The lowest BCUT2D eigenvalue weighted by Crippen LogP contribution is -2.28. The third-order valence-electron chi connectivity index (χ3n) is 4.10. The molecule has 0 fully saturated rings. The van der Waals surface area contributed by atoms with Crippen LogP contribution < -0.4 is 0 Å². The zero-order valence-corrected chi connectivity index (χ0v) is 16.0. The van der Waals surface area contributed by atoms with Crippen LogP contribution in [0.2, 0.25) is 5.02 Å². The molecule has 26 heavy (non-hydrogen) atoms. The van der Waals surface area contributed by atoms with Gasteiger partial charge >= 0.3 is 5.97 Å². The molecule has 0 saturated heterocycles. The molecular weight excluding hydrogens is 374 g/mol. The maximum Gasteiger partial charge on any atom is 0.305 e. The molecule has 1 amide bonds. The van der Waals surface area contributed by atoms with Gasteiger partial charge in [-0.1, -0.05) is 29.8 Å². The van der Waals surface area contributed by atoms with Gasteiger partial charge in [-0.05, 0) is 24.6 Å². The second kappa shape index (κ2) is 7.47. The van der Waals surface area contributed by atoms with Gasteiger partial charge in [-0.3, -0.25) is 14.3 Å². The number of hydrogen-bond donors (Lipinski definition) is 1. The first kappa shape index (κ1) is 18.4. The molecule has 0 bridgehead atoms. The summed E-state index contributed by atoms with van der Waals surface area (Å²) in [4.78, 5) is 26.1. The normalized spacial score (nSPS) is 11.0. The maximum atomic E-state index is 12.6. The summed E-state index contributed by atoms with van der Waals surface area (Å²) >= 11 is 7.60. The number of carbonyl (C=O) groups excluding carboxylic acids is 1. The Morgan fingerprint density at radius 2 is 2.08 bits per heavy atom. The first-order valence-electron chi connectivity index (χ1n) is 8.04. The van der Waals surface area contributed by atoms with Gasteiger partial charge in [-0.15, -0.1) is 11.3 Å². The van der Waals surface area contributed by atoms with Crippen LogP contribution in [0.4, 0.5) is 0 Å². The van der Waals surface area contributed by atoms with Crippen LogP contribution in [-0.2, 0) is 11.3 Å². The summed E-state index contributed by atoms with van der Waals surface area (Å²) in [5, 5.41) is 14.9. The summed E-state index contributed by atoms with van der Waals surface area (Å²) in [6, 6.07) is 9.42.